The molecule has 3 aromatic rings. The third kappa shape index (κ3) is 5.95. The molecule has 2 N–H and O–H groups in total. The number of H-pyrrole nitrogens is 1. The average Bonchev–Trinajstić information content (AvgIpc) is 3.56. The van der Waals surface area contributed by atoms with Gasteiger partial charge in [-0.2, -0.15) is 0 Å². The number of benzene rings is 1. The number of hydrogen-bond acceptors (Lipinski definition) is 6. The smallest absolute Gasteiger partial charge is 0.358 e. The average molecular weight is 529 g/mol. The second-order valence-electron chi connectivity index (χ2n) is 10.7. The highest BCUT2D eigenvalue weighted by Gasteiger charge is 2.49. The van der Waals surface area contributed by atoms with Crippen molar-refractivity contribution in [1.29, 1.82) is 0 Å². The van der Waals surface area contributed by atoms with Crippen LogP contribution in [0.5, 0.6) is 0 Å². The van der Waals surface area contributed by atoms with E-state index in [2.05, 4.69) is 20.3 Å². The molecule has 0 saturated heterocycles. The van der Waals surface area contributed by atoms with E-state index in [0.717, 1.165) is 48.3 Å². The van der Waals surface area contributed by atoms with Crippen LogP contribution in [0.25, 0.3) is 11.3 Å². The van der Waals surface area contributed by atoms with E-state index >= 15 is 0 Å². The van der Waals surface area contributed by atoms with E-state index in [1.165, 1.54) is 0 Å². The SMILES string of the molecule is CCC(=O)CCCCC[C@H](NC(=O)C1CCC2(CC1)OC(=O)c1ncccc12)c1ncc(-c2ccccc2)[nH]1. The quantitative estimate of drug-likeness (QED) is 0.240. The van der Waals surface area contributed by atoms with Gasteiger partial charge in [0.15, 0.2) is 5.69 Å². The summed E-state index contributed by atoms with van der Waals surface area (Å²) in [5.41, 5.74) is 2.52. The van der Waals surface area contributed by atoms with Crippen molar-refractivity contribution in [3.63, 3.8) is 0 Å². The number of pyridine rings is 1. The Balaban J connectivity index is 1.24. The first-order valence-corrected chi connectivity index (χ1v) is 14.1. The number of aromatic amines is 1. The first-order chi connectivity index (χ1) is 19.0. The number of ketones is 1. The number of esters is 1. The monoisotopic (exact) mass is 528 g/mol. The van der Waals surface area contributed by atoms with Crippen LogP contribution in [0, 0.1) is 5.92 Å². The van der Waals surface area contributed by atoms with Crippen LogP contribution < -0.4 is 5.32 Å². The second-order valence-corrected chi connectivity index (χ2v) is 10.7. The highest BCUT2D eigenvalue weighted by Crippen LogP contribution is 2.47. The molecular formula is C31H36N4O4. The van der Waals surface area contributed by atoms with E-state index in [9.17, 15) is 14.4 Å². The molecule has 1 amide bonds. The third-order valence-corrected chi connectivity index (χ3v) is 8.11. The number of amides is 1. The van der Waals surface area contributed by atoms with Gasteiger partial charge in [-0.1, -0.05) is 56.2 Å². The number of ether oxygens (including phenoxy) is 1. The maximum Gasteiger partial charge on any atom is 0.358 e. The molecule has 8 nitrogen and oxygen atoms in total. The molecule has 1 spiro atoms. The fourth-order valence-electron chi connectivity index (χ4n) is 5.80. The van der Waals surface area contributed by atoms with Gasteiger partial charge in [0.05, 0.1) is 17.9 Å². The molecule has 8 heteroatoms. The standard InChI is InChI=1S/C31H36N4O4/c1-2-23(36)12-7-4-8-14-25(28-33-20-26(34-28)21-10-5-3-6-11-21)35-29(37)22-15-17-31(18-16-22)24-13-9-19-32-27(24)30(38)39-31/h3,5-6,9-11,13,19-20,22,25H,2,4,7-8,12,14-18H2,1H3,(H,33,34)(H,35,37)/t22?,25-,31?/m0/s1. The normalized spacial score (nSPS) is 20.8. The van der Waals surface area contributed by atoms with E-state index in [0.29, 0.717) is 50.0 Å². The van der Waals surface area contributed by atoms with Crippen molar-refractivity contribution in [1.82, 2.24) is 20.3 Å². The van der Waals surface area contributed by atoms with Crippen LogP contribution in [-0.4, -0.2) is 32.6 Å². The fourth-order valence-corrected chi connectivity index (χ4v) is 5.80. The minimum atomic E-state index is -0.668. The first kappa shape index (κ1) is 26.8. The predicted octanol–water partition coefficient (Wildman–Crippen LogP) is 5.81. The van der Waals surface area contributed by atoms with E-state index in [4.69, 9.17) is 4.74 Å². The number of aromatic nitrogens is 3. The van der Waals surface area contributed by atoms with Crippen LogP contribution in [0.15, 0.2) is 54.9 Å². The molecule has 1 aromatic carbocycles. The number of Topliss-reactive ketones (excluding diaryl/α,β-unsaturated/α-hetero) is 1. The summed E-state index contributed by atoms with van der Waals surface area (Å²) in [6, 6.07) is 13.5. The molecule has 0 bridgehead atoms. The maximum absolute atomic E-state index is 13.5. The number of carbonyl (C=O) groups excluding carboxylic acids is 3. The van der Waals surface area contributed by atoms with Gasteiger partial charge in [-0.05, 0) is 50.2 Å². The number of hydrogen-bond donors (Lipinski definition) is 2. The molecule has 204 valence electrons. The van der Waals surface area contributed by atoms with Gasteiger partial charge in [0, 0.05) is 30.5 Å². The van der Waals surface area contributed by atoms with Crippen molar-refractivity contribution >= 4 is 17.7 Å². The Morgan fingerprint density at radius 2 is 1.87 bits per heavy atom. The topological polar surface area (TPSA) is 114 Å². The number of rotatable bonds is 11. The molecule has 3 heterocycles. The molecule has 2 aromatic heterocycles. The Kier molecular flexibility index (Phi) is 8.19. The highest BCUT2D eigenvalue weighted by molar-refractivity contribution is 5.92. The minimum Gasteiger partial charge on any atom is -0.449 e. The van der Waals surface area contributed by atoms with Gasteiger partial charge in [0.25, 0.3) is 0 Å². The molecule has 39 heavy (non-hydrogen) atoms. The molecule has 5 rings (SSSR count). The summed E-state index contributed by atoms with van der Waals surface area (Å²) >= 11 is 0. The Morgan fingerprint density at radius 1 is 1.08 bits per heavy atom. The van der Waals surface area contributed by atoms with Crippen molar-refractivity contribution < 1.29 is 19.1 Å². The molecule has 0 unspecified atom stereocenters. The van der Waals surface area contributed by atoms with Gasteiger partial charge in [0.2, 0.25) is 5.91 Å². The summed E-state index contributed by atoms with van der Waals surface area (Å²) in [5, 5.41) is 3.27. The number of imidazole rings is 1. The summed E-state index contributed by atoms with van der Waals surface area (Å²) < 4.78 is 5.81. The van der Waals surface area contributed by atoms with E-state index in [1.807, 2.05) is 55.6 Å². The number of nitrogens with zero attached hydrogens (tertiary/aromatic N) is 2. The zero-order chi connectivity index (χ0) is 27.2. The van der Waals surface area contributed by atoms with E-state index in [-0.39, 0.29) is 23.8 Å². The molecule has 1 atom stereocenters. The summed E-state index contributed by atoms with van der Waals surface area (Å²) in [6.45, 7) is 1.90. The van der Waals surface area contributed by atoms with Gasteiger partial charge in [0.1, 0.15) is 17.2 Å². The zero-order valence-electron chi connectivity index (χ0n) is 22.4. The van der Waals surface area contributed by atoms with E-state index in [1.54, 1.807) is 6.20 Å². The zero-order valence-corrected chi connectivity index (χ0v) is 22.4. The van der Waals surface area contributed by atoms with Crippen LogP contribution in [0.4, 0.5) is 0 Å². The number of unbranched alkanes of at least 4 members (excludes halogenated alkanes) is 2. The molecule has 1 fully saturated rings. The fraction of sp³-hybridized carbons (Fsp3) is 0.452. The van der Waals surface area contributed by atoms with Crippen LogP contribution in [0.2, 0.25) is 0 Å². The Hall–Kier alpha value is -3.81. The lowest BCUT2D eigenvalue weighted by Crippen LogP contribution is -2.40. The maximum atomic E-state index is 13.5. The Labute approximate surface area is 229 Å². The molecule has 1 aliphatic carbocycles. The summed E-state index contributed by atoms with van der Waals surface area (Å²) in [7, 11) is 0. The number of carbonyl (C=O) groups is 3. The van der Waals surface area contributed by atoms with E-state index < -0.39 is 5.60 Å². The molecular weight excluding hydrogens is 492 g/mol. The Bertz CT molecular complexity index is 1310. The third-order valence-electron chi connectivity index (χ3n) is 8.11. The van der Waals surface area contributed by atoms with Gasteiger partial charge >= 0.3 is 5.97 Å². The molecule has 0 radical (unpaired) electrons. The van der Waals surface area contributed by atoms with Crippen molar-refractivity contribution in [2.45, 2.75) is 82.8 Å². The van der Waals surface area contributed by atoms with Crippen molar-refractivity contribution in [2.75, 3.05) is 0 Å². The predicted molar refractivity (Wildman–Crippen MR) is 147 cm³/mol. The Morgan fingerprint density at radius 3 is 2.64 bits per heavy atom. The number of fused-ring (bicyclic) bond motifs is 2. The van der Waals surface area contributed by atoms with Crippen molar-refractivity contribution in [3.8, 4) is 11.3 Å². The lowest BCUT2D eigenvalue weighted by Gasteiger charge is -2.36. The van der Waals surface area contributed by atoms with Crippen LogP contribution in [-0.2, 0) is 19.9 Å². The van der Waals surface area contributed by atoms with Crippen LogP contribution >= 0.6 is 0 Å². The van der Waals surface area contributed by atoms with Crippen molar-refractivity contribution in [3.05, 3.63) is 71.9 Å². The summed E-state index contributed by atoms with van der Waals surface area (Å²) in [4.78, 5) is 49.8. The second kappa shape index (κ2) is 11.9. The minimum absolute atomic E-state index is 0.00408. The summed E-state index contributed by atoms with van der Waals surface area (Å²) in [5.74, 6) is 0.498. The molecule has 2 aliphatic rings. The first-order valence-electron chi connectivity index (χ1n) is 14.1. The molecule has 1 aliphatic heterocycles. The van der Waals surface area contributed by atoms with Crippen molar-refractivity contribution in [2.24, 2.45) is 5.92 Å². The molecule has 1 saturated carbocycles. The van der Waals surface area contributed by atoms with Gasteiger partial charge in [-0.3, -0.25) is 9.59 Å². The van der Waals surface area contributed by atoms with Crippen LogP contribution in [0.1, 0.15) is 99.1 Å². The summed E-state index contributed by atoms with van der Waals surface area (Å²) in [6.07, 6.45) is 10.5. The van der Waals surface area contributed by atoms with Gasteiger partial charge in [-0.25, -0.2) is 14.8 Å². The lowest BCUT2D eigenvalue weighted by molar-refractivity contribution is -0.129. The highest BCUT2D eigenvalue weighted by atomic mass is 16.6. The lowest BCUT2D eigenvalue weighted by atomic mass is 9.75. The van der Waals surface area contributed by atoms with Gasteiger partial charge < -0.3 is 15.0 Å². The number of nitrogens with one attached hydrogen (secondary N) is 2. The van der Waals surface area contributed by atoms with Crippen LogP contribution in [0.3, 0.4) is 0 Å². The largest absolute Gasteiger partial charge is 0.449 e. The van der Waals surface area contributed by atoms with Gasteiger partial charge in [-0.15, -0.1) is 0 Å².